The summed E-state index contributed by atoms with van der Waals surface area (Å²) in [6.45, 7) is 2.22. The lowest BCUT2D eigenvalue weighted by atomic mass is 10.3. The van der Waals surface area contributed by atoms with E-state index in [0.717, 1.165) is 12.1 Å². The van der Waals surface area contributed by atoms with Gasteiger partial charge in [0.15, 0.2) is 17.6 Å². The molecule has 0 heterocycles. The second-order valence-corrected chi connectivity index (χ2v) is 4.48. The molecule has 1 aromatic carbocycles. The number of hydrogen-bond donors (Lipinski definition) is 2. The molecule has 138 valence electrons. The van der Waals surface area contributed by atoms with Crippen molar-refractivity contribution in [3.8, 4) is 5.75 Å². The number of aliphatic imine (C=N–C) groups is 1. The van der Waals surface area contributed by atoms with E-state index < -0.39 is 24.2 Å². The van der Waals surface area contributed by atoms with Gasteiger partial charge in [0.1, 0.15) is 12.4 Å². The molecule has 2 N–H and O–H groups in total. The fourth-order valence-corrected chi connectivity index (χ4v) is 1.54. The standard InChI is InChI=1S/C14H18F5N3O.HI/c1-2-20-13(21-6-5-14(17,18)19)22-7-8-23-10-3-4-11(15)12(16)9-10;/h3-4,9H,2,5-8H2,1H3,(H2,20,21,22);1H. The van der Waals surface area contributed by atoms with E-state index in [1.807, 2.05) is 0 Å². The zero-order valence-corrected chi connectivity index (χ0v) is 15.3. The van der Waals surface area contributed by atoms with Crippen molar-refractivity contribution in [3.05, 3.63) is 29.8 Å². The summed E-state index contributed by atoms with van der Waals surface area (Å²) >= 11 is 0. The van der Waals surface area contributed by atoms with Crippen molar-refractivity contribution < 1.29 is 26.7 Å². The number of nitrogens with zero attached hydrogens (tertiary/aromatic N) is 1. The average Bonchev–Trinajstić information content (AvgIpc) is 2.46. The van der Waals surface area contributed by atoms with Crippen LogP contribution in [0.2, 0.25) is 0 Å². The van der Waals surface area contributed by atoms with Crippen LogP contribution in [0, 0.1) is 11.6 Å². The first kappa shape index (κ1) is 22.7. The molecule has 0 spiro atoms. The van der Waals surface area contributed by atoms with Crippen LogP contribution < -0.4 is 15.4 Å². The van der Waals surface area contributed by atoms with Crippen LogP contribution in [-0.2, 0) is 0 Å². The Morgan fingerprint density at radius 1 is 1.17 bits per heavy atom. The fraction of sp³-hybridized carbons (Fsp3) is 0.500. The summed E-state index contributed by atoms with van der Waals surface area (Å²) in [4.78, 5) is 3.78. The number of rotatable bonds is 7. The third-order valence-corrected chi connectivity index (χ3v) is 2.56. The van der Waals surface area contributed by atoms with Gasteiger partial charge in [-0.1, -0.05) is 0 Å². The van der Waals surface area contributed by atoms with E-state index in [1.165, 1.54) is 6.07 Å². The lowest BCUT2D eigenvalue weighted by Gasteiger charge is -2.12. The summed E-state index contributed by atoms with van der Waals surface area (Å²) in [5, 5.41) is 5.57. The Morgan fingerprint density at radius 3 is 2.46 bits per heavy atom. The van der Waals surface area contributed by atoms with E-state index in [-0.39, 0.29) is 55.4 Å². The monoisotopic (exact) mass is 467 g/mol. The molecule has 0 aliphatic carbocycles. The lowest BCUT2D eigenvalue weighted by Crippen LogP contribution is -2.39. The third kappa shape index (κ3) is 9.73. The molecule has 0 aromatic heterocycles. The Bertz CT molecular complexity index is 526. The normalized spacial score (nSPS) is 11.7. The average molecular weight is 467 g/mol. The maximum Gasteiger partial charge on any atom is 0.390 e. The zero-order valence-electron chi connectivity index (χ0n) is 12.9. The third-order valence-electron chi connectivity index (χ3n) is 2.56. The highest BCUT2D eigenvalue weighted by Crippen LogP contribution is 2.18. The summed E-state index contributed by atoms with van der Waals surface area (Å²) in [6, 6.07) is 3.14. The molecule has 0 atom stereocenters. The molecular formula is C14H19F5IN3O. The minimum absolute atomic E-state index is 0. The first-order valence-electron chi connectivity index (χ1n) is 6.98. The zero-order chi connectivity index (χ0) is 17.3. The van der Waals surface area contributed by atoms with Crippen molar-refractivity contribution in [1.82, 2.24) is 10.6 Å². The highest BCUT2D eigenvalue weighted by Gasteiger charge is 2.26. The van der Waals surface area contributed by atoms with E-state index in [0.29, 0.717) is 6.54 Å². The van der Waals surface area contributed by atoms with Crippen LogP contribution in [0.5, 0.6) is 5.75 Å². The molecule has 1 aromatic rings. The number of guanidine groups is 1. The highest BCUT2D eigenvalue weighted by atomic mass is 127. The molecule has 4 nitrogen and oxygen atoms in total. The van der Waals surface area contributed by atoms with Gasteiger partial charge < -0.3 is 15.4 Å². The van der Waals surface area contributed by atoms with Gasteiger partial charge in [0.05, 0.1) is 19.5 Å². The van der Waals surface area contributed by atoms with E-state index in [9.17, 15) is 22.0 Å². The van der Waals surface area contributed by atoms with Crippen molar-refractivity contribution in [2.75, 3.05) is 26.2 Å². The molecule has 0 saturated heterocycles. The van der Waals surface area contributed by atoms with Gasteiger partial charge >= 0.3 is 6.18 Å². The van der Waals surface area contributed by atoms with Crippen molar-refractivity contribution in [1.29, 1.82) is 0 Å². The molecule has 0 bridgehead atoms. The summed E-state index contributed by atoms with van der Waals surface area (Å²) in [6.07, 6.45) is -5.26. The van der Waals surface area contributed by atoms with Crippen LogP contribution in [0.15, 0.2) is 23.2 Å². The fourth-order valence-electron chi connectivity index (χ4n) is 1.54. The van der Waals surface area contributed by atoms with Gasteiger partial charge in [-0.2, -0.15) is 13.2 Å². The largest absolute Gasteiger partial charge is 0.492 e. The second kappa shape index (κ2) is 11.3. The van der Waals surface area contributed by atoms with Gasteiger partial charge in [-0.15, -0.1) is 24.0 Å². The van der Waals surface area contributed by atoms with E-state index in [4.69, 9.17) is 4.74 Å². The van der Waals surface area contributed by atoms with E-state index in [2.05, 4.69) is 15.6 Å². The Kier molecular flexibility index (Phi) is 10.6. The number of hydrogen-bond acceptors (Lipinski definition) is 2. The molecule has 0 saturated carbocycles. The number of benzene rings is 1. The maximum atomic E-state index is 13.0. The highest BCUT2D eigenvalue weighted by molar-refractivity contribution is 14.0. The molecule has 0 unspecified atom stereocenters. The smallest absolute Gasteiger partial charge is 0.390 e. The van der Waals surface area contributed by atoms with Gasteiger partial charge in [-0.3, -0.25) is 4.99 Å². The predicted octanol–water partition coefficient (Wildman–Crippen LogP) is 3.47. The SMILES string of the molecule is CCNC(=NCCC(F)(F)F)NCCOc1ccc(F)c(F)c1.I. The van der Waals surface area contributed by atoms with E-state index >= 15 is 0 Å². The number of halogens is 6. The number of ether oxygens (including phenoxy) is 1. The van der Waals surface area contributed by atoms with Gasteiger partial charge in [-0.05, 0) is 19.1 Å². The maximum absolute atomic E-state index is 13.0. The van der Waals surface area contributed by atoms with Crippen LogP contribution in [0.4, 0.5) is 22.0 Å². The van der Waals surface area contributed by atoms with Gasteiger partial charge in [0.2, 0.25) is 0 Å². The molecule has 10 heteroatoms. The molecule has 0 amide bonds. The number of nitrogens with one attached hydrogen (secondary N) is 2. The minimum Gasteiger partial charge on any atom is -0.492 e. The summed E-state index contributed by atoms with van der Waals surface area (Å²) in [5.41, 5.74) is 0. The van der Waals surface area contributed by atoms with Crippen LogP contribution in [0.3, 0.4) is 0 Å². The van der Waals surface area contributed by atoms with Crippen molar-refractivity contribution in [3.63, 3.8) is 0 Å². The lowest BCUT2D eigenvalue weighted by molar-refractivity contribution is -0.132. The summed E-state index contributed by atoms with van der Waals surface area (Å²) in [7, 11) is 0. The van der Waals surface area contributed by atoms with Crippen molar-refractivity contribution >= 4 is 29.9 Å². The quantitative estimate of drug-likeness (QED) is 0.212. The van der Waals surface area contributed by atoms with Gasteiger partial charge in [0.25, 0.3) is 0 Å². The Morgan fingerprint density at radius 2 is 1.88 bits per heavy atom. The molecule has 0 aliphatic rings. The first-order valence-corrected chi connectivity index (χ1v) is 6.98. The van der Waals surface area contributed by atoms with Crippen molar-refractivity contribution in [2.24, 2.45) is 4.99 Å². The predicted molar refractivity (Wildman–Crippen MR) is 91.9 cm³/mol. The first-order chi connectivity index (χ1) is 10.8. The van der Waals surface area contributed by atoms with E-state index in [1.54, 1.807) is 6.92 Å². The summed E-state index contributed by atoms with van der Waals surface area (Å²) < 4.78 is 67.1. The molecule has 24 heavy (non-hydrogen) atoms. The van der Waals surface area contributed by atoms with Gasteiger partial charge in [-0.25, -0.2) is 8.78 Å². The molecule has 0 fully saturated rings. The second-order valence-electron chi connectivity index (χ2n) is 4.48. The van der Waals surface area contributed by atoms with Crippen molar-refractivity contribution in [2.45, 2.75) is 19.5 Å². The van der Waals surface area contributed by atoms with Gasteiger partial charge in [0, 0.05) is 12.6 Å². The van der Waals surface area contributed by atoms with Crippen LogP contribution >= 0.6 is 24.0 Å². The number of alkyl halides is 3. The minimum atomic E-state index is -4.25. The Hall–Kier alpha value is -1.33. The Labute approximate surface area is 153 Å². The molecule has 0 aliphatic heterocycles. The van der Waals surface area contributed by atoms with Crippen LogP contribution in [0.1, 0.15) is 13.3 Å². The topological polar surface area (TPSA) is 45.7 Å². The van der Waals surface area contributed by atoms with Crippen LogP contribution in [0.25, 0.3) is 0 Å². The summed E-state index contributed by atoms with van der Waals surface area (Å²) in [5.74, 6) is -1.60. The molecular weight excluding hydrogens is 448 g/mol. The molecule has 0 radical (unpaired) electrons. The Balaban J connectivity index is 0.00000529. The molecule has 1 rings (SSSR count). The van der Waals surface area contributed by atoms with Crippen LogP contribution in [-0.4, -0.2) is 38.4 Å².